The molecule has 1 aromatic carbocycles. The highest BCUT2D eigenvalue weighted by molar-refractivity contribution is 5.30. The van der Waals surface area contributed by atoms with Gasteiger partial charge in [0.25, 0.3) is 0 Å². The Morgan fingerprint density at radius 1 is 1.26 bits per heavy atom. The number of rotatable bonds is 6. The van der Waals surface area contributed by atoms with Crippen molar-refractivity contribution >= 4 is 0 Å². The maximum atomic E-state index is 6.15. The van der Waals surface area contributed by atoms with E-state index in [1.807, 2.05) is 24.3 Å². The molecule has 1 aliphatic carbocycles. The molecule has 3 heteroatoms. The van der Waals surface area contributed by atoms with Gasteiger partial charge in [0, 0.05) is 6.61 Å². The van der Waals surface area contributed by atoms with Crippen LogP contribution < -0.4 is 10.5 Å². The minimum absolute atomic E-state index is 0.0707. The second-order valence-corrected chi connectivity index (χ2v) is 5.42. The van der Waals surface area contributed by atoms with Gasteiger partial charge in [0.05, 0.1) is 19.8 Å². The minimum atomic E-state index is -0.0707. The standard InChI is InChI=1S/C16H25NO2/c1-18-15-9-5-8-14(10-15)16(17)12-19-11-13-6-3-2-4-7-13/h5,8-10,13,16H,2-4,6-7,11-12,17H2,1H3. The fourth-order valence-electron chi connectivity index (χ4n) is 2.68. The van der Waals surface area contributed by atoms with Gasteiger partial charge in [-0.1, -0.05) is 31.4 Å². The maximum Gasteiger partial charge on any atom is 0.119 e. The van der Waals surface area contributed by atoms with Crippen molar-refractivity contribution in [1.82, 2.24) is 0 Å². The molecule has 1 saturated carbocycles. The van der Waals surface area contributed by atoms with E-state index < -0.39 is 0 Å². The van der Waals surface area contributed by atoms with E-state index >= 15 is 0 Å². The van der Waals surface area contributed by atoms with E-state index in [2.05, 4.69) is 0 Å². The lowest BCUT2D eigenvalue weighted by molar-refractivity contribution is 0.0759. The predicted octanol–water partition coefficient (Wildman–Crippen LogP) is 3.29. The van der Waals surface area contributed by atoms with Crippen molar-refractivity contribution in [1.29, 1.82) is 0 Å². The Morgan fingerprint density at radius 2 is 2.05 bits per heavy atom. The smallest absolute Gasteiger partial charge is 0.119 e. The van der Waals surface area contributed by atoms with E-state index in [0.717, 1.165) is 23.8 Å². The fourth-order valence-corrected chi connectivity index (χ4v) is 2.68. The van der Waals surface area contributed by atoms with Gasteiger partial charge >= 0.3 is 0 Å². The molecule has 0 spiro atoms. The molecular formula is C16H25NO2. The Labute approximate surface area is 116 Å². The van der Waals surface area contributed by atoms with Crippen molar-refractivity contribution in [3.63, 3.8) is 0 Å². The van der Waals surface area contributed by atoms with Gasteiger partial charge in [-0.05, 0) is 36.5 Å². The molecule has 106 valence electrons. The van der Waals surface area contributed by atoms with Crippen LogP contribution in [0.2, 0.25) is 0 Å². The molecule has 0 aromatic heterocycles. The van der Waals surface area contributed by atoms with Crippen LogP contribution >= 0.6 is 0 Å². The average Bonchev–Trinajstić information content (AvgIpc) is 2.48. The number of hydrogen-bond donors (Lipinski definition) is 1. The molecule has 0 radical (unpaired) electrons. The molecule has 2 N–H and O–H groups in total. The number of methoxy groups -OCH3 is 1. The van der Waals surface area contributed by atoms with Crippen LogP contribution in [0, 0.1) is 5.92 Å². The zero-order valence-corrected chi connectivity index (χ0v) is 11.8. The molecule has 0 bridgehead atoms. The van der Waals surface area contributed by atoms with Crippen molar-refractivity contribution < 1.29 is 9.47 Å². The third-order valence-corrected chi connectivity index (χ3v) is 3.90. The lowest BCUT2D eigenvalue weighted by Gasteiger charge is -2.22. The van der Waals surface area contributed by atoms with Crippen LogP contribution in [-0.4, -0.2) is 20.3 Å². The van der Waals surface area contributed by atoms with Gasteiger partial charge in [-0.2, -0.15) is 0 Å². The van der Waals surface area contributed by atoms with E-state index in [4.69, 9.17) is 15.2 Å². The summed E-state index contributed by atoms with van der Waals surface area (Å²) in [7, 11) is 1.67. The van der Waals surface area contributed by atoms with E-state index in [1.54, 1.807) is 7.11 Å². The second-order valence-electron chi connectivity index (χ2n) is 5.42. The Bertz CT molecular complexity index is 375. The zero-order chi connectivity index (χ0) is 13.5. The average molecular weight is 263 g/mol. The number of hydrogen-bond acceptors (Lipinski definition) is 3. The normalized spacial score (nSPS) is 18.2. The quantitative estimate of drug-likeness (QED) is 0.856. The summed E-state index contributed by atoms with van der Waals surface area (Å²) in [4.78, 5) is 0. The SMILES string of the molecule is COc1cccc(C(N)COCC2CCCCC2)c1. The molecule has 2 rings (SSSR count). The van der Waals surface area contributed by atoms with Crippen LogP contribution in [0.1, 0.15) is 43.7 Å². The molecule has 1 aliphatic rings. The number of benzene rings is 1. The molecule has 0 amide bonds. The third kappa shape index (κ3) is 4.51. The monoisotopic (exact) mass is 263 g/mol. The van der Waals surface area contributed by atoms with Gasteiger partial charge < -0.3 is 15.2 Å². The van der Waals surface area contributed by atoms with Crippen LogP contribution in [0.4, 0.5) is 0 Å². The highest BCUT2D eigenvalue weighted by Gasteiger charge is 2.14. The highest BCUT2D eigenvalue weighted by atomic mass is 16.5. The van der Waals surface area contributed by atoms with Crippen molar-refractivity contribution in [2.24, 2.45) is 11.7 Å². The van der Waals surface area contributed by atoms with E-state index in [-0.39, 0.29) is 6.04 Å². The lowest BCUT2D eigenvalue weighted by Crippen LogP contribution is -2.20. The summed E-state index contributed by atoms with van der Waals surface area (Å²) in [5, 5.41) is 0. The van der Waals surface area contributed by atoms with Crippen molar-refractivity contribution in [2.45, 2.75) is 38.1 Å². The Hall–Kier alpha value is -1.06. The molecule has 1 atom stereocenters. The molecule has 0 heterocycles. The summed E-state index contributed by atoms with van der Waals surface area (Å²) in [6, 6.07) is 7.83. The lowest BCUT2D eigenvalue weighted by atomic mass is 9.90. The first-order chi connectivity index (χ1) is 9.29. The van der Waals surface area contributed by atoms with Crippen molar-refractivity contribution in [2.75, 3.05) is 20.3 Å². The molecule has 0 aliphatic heterocycles. The maximum absolute atomic E-state index is 6.15. The summed E-state index contributed by atoms with van der Waals surface area (Å²) in [5.41, 5.74) is 7.23. The van der Waals surface area contributed by atoms with Crippen LogP contribution in [-0.2, 0) is 4.74 Å². The van der Waals surface area contributed by atoms with Gasteiger partial charge in [0.2, 0.25) is 0 Å². The molecule has 1 fully saturated rings. The molecule has 1 unspecified atom stereocenters. The topological polar surface area (TPSA) is 44.5 Å². The van der Waals surface area contributed by atoms with Gasteiger partial charge in [0.1, 0.15) is 5.75 Å². The largest absolute Gasteiger partial charge is 0.497 e. The van der Waals surface area contributed by atoms with Gasteiger partial charge in [-0.15, -0.1) is 0 Å². The summed E-state index contributed by atoms with van der Waals surface area (Å²) in [6.45, 7) is 1.45. The summed E-state index contributed by atoms with van der Waals surface area (Å²) in [5.74, 6) is 1.59. The van der Waals surface area contributed by atoms with Crippen molar-refractivity contribution in [3.8, 4) is 5.75 Å². The highest BCUT2D eigenvalue weighted by Crippen LogP contribution is 2.24. The molecular weight excluding hydrogens is 238 g/mol. The Morgan fingerprint density at radius 3 is 2.79 bits per heavy atom. The number of ether oxygens (including phenoxy) is 2. The zero-order valence-electron chi connectivity index (χ0n) is 11.8. The van der Waals surface area contributed by atoms with Crippen LogP contribution in [0.3, 0.4) is 0 Å². The molecule has 1 aromatic rings. The van der Waals surface area contributed by atoms with Crippen LogP contribution in [0.5, 0.6) is 5.75 Å². The van der Waals surface area contributed by atoms with Gasteiger partial charge in [-0.3, -0.25) is 0 Å². The Kier molecular flexibility index (Phi) is 5.67. The third-order valence-electron chi connectivity index (χ3n) is 3.90. The van der Waals surface area contributed by atoms with Gasteiger partial charge in [-0.25, -0.2) is 0 Å². The van der Waals surface area contributed by atoms with Gasteiger partial charge in [0.15, 0.2) is 0 Å². The first kappa shape index (κ1) is 14.4. The minimum Gasteiger partial charge on any atom is -0.497 e. The molecule has 0 saturated heterocycles. The predicted molar refractivity (Wildman–Crippen MR) is 77.3 cm³/mol. The van der Waals surface area contributed by atoms with E-state index in [0.29, 0.717) is 6.61 Å². The second kappa shape index (κ2) is 7.51. The fraction of sp³-hybridized carbons (Fsp3) is 0.625. The van der Waals surface area contributed by atoms with Crippen molar-refractivity contribution in [3.05, 3.63) is 29.8 Å². The van der Waals surface area contributed by atoms with E-state index in [1.165, 1.54) is 32.1 Å². The summed E-state index contributed by atoms with van der Waals surface area (Å²) >= 11 is 0. The van der Waals surface area contributed by atoms with Crippen LogP contribution in [0.15, 0.2) is 24.3 Å². The molecule has 19 heavy (non-hydrogen) atoms. The molecule has 3 nitrogen and oxygen atoms in total. The number of nitrogens with two attached hydrogens (primary N) is 1. The van der Waals surface area contributed by atoms with Crippen LogP contribution in [0.25, 0.3) is 0 Å². The Balaban J connectivity index is 1.75. The summed E-state index contributed by atoms with van der Waals surface area (Å²) in [6.07, 6.45) is 6.73. The van der Waals surface area contributed by atoms with E-state index in [9.17, 15) is 0 Å². The first-order valence-corrected chi connectivity index (χ1v) is 7.27. The summed E-state index contributed by atoms with van der Waals surface area (Å²) < 4.78 is 11.0. The first-order valence-electron chi connectivity index (χ1n) is 7.27.